The molecule has 5 nitrogen and oxygen atoms in total. The normalized spacial score (nSPS) is 10.1. The molecule has 0 aliphatic heterocycles. The number of amides is 2. The van der Waals surface area contributed by atoms with Crippen LogP contribution in [0.4, 0.5) is 0 Å². The maximum atomic E-state index is 11.7. The molecule has 2 rings (SSSR count). The largest absolute Gasteiger partial charge is 0.342 e. The Kier molecular flexibility index (Phi) is 5.48. The second-order valence-electron chi connectivity index (χ2n) is 4.39. The van der Waals surface area contributed by atoms with Crippen LogP contribution in [0.1, 0.15) is 20.1 Å². The second kappa shape index (κ2) is 7.56. The maximum absolute atomic E-state index is 11.7. The quantitative estimate of drug-likeness (QED) is 0.803. The molecule has 0 saturated heterocycles. The molecule has 1 aromatic carbocycles. The molecule has 0 unspecified atom stereocenters. The van der Waals surface area contributed by atoms with Gasteiger partial charge in [0, 0.05) is 4.88 Å². The highest BCUT2D eigenvalue weighted by molar-refractivity contribution is 7.13. The van der Waals surface area contributed by atoms with E-state index in [2.05, 4.69) is 10.8 Å². The highest BCUT2D eigenvalue weighted by Crippen LogP contribution is 2.14. The predicted molar refractivity (Wildman–Crippen MR) is 80.8 cm³/mol. The van der Waals surface area contributed by atoms with Crippen LogP contribution in [-0.2, 0) is 16.2 Å². The molecule has 0 fully saturated rings. The molecule has 6 heteroatoms. The second-order valence-corrected chi connectivity index (χ2v) is 5.68. The van der Waals surface area contributed by atoms with E-state index in [9.17, 15) is 9.59 Å². The van der Waals surface area contributed by atoms with Crippen LogP contribution >= 0.6 is 11.3 Å². The van der Waals surface area contributed by atoms with Crippen molar-refractivity contribution in [1.29, 1.82) is 0 Å². The van der Waals surface area contributed by atoms with E-state index < -0.39 is 5.91 Å². The van der Waals surface area contributed by atoms with E-state index in [1.54, 1.807) is 6.07 Å². The van der Waals surface area contributed by atoms with Gasteiger partial charge in [0.2, 0.25) is 0 Å². The Morgan fingerprint density at radius 3 is 2.57 bits per heavy atom. The fraction of sp³-hybridized carbons (Fsp3) is 0.200. The van der Waals surface area contributed by atoms with Crippen molar-refractivity contribution < 1.29 is 14.4 Å². The highest BCUT2D eigenvalue weighted by atomic mass is 32.1. The molecule has 0 radical (unpaired) electrons. The molecular formula is C15H16N2O3S. The molecule has 2 aromatic rings. The molecule has 110 valence electrons. The summed E-state index contributed by atoms with van der Waals surface area (Å²) < 4.78 is 0. The van der Waals surface area contributed by atoms with Crippen molar-refractivity contribution in [3.05, 3.63) is 57.8 Å². The Morgan fingerprint density at radius 2 is 1.90 bits per heavy atom. The van der Waals surface area contributed by atoms with Gasteiger partial charge in [-0.2, -0.15) is 0 Å². The topological polar surface area (TPSA) is 67.4 Å². The van der Waals surface area contributed by atoms with Crippen molar-refractivity contribution in [2.24, 2.45) is 0 Å². The maximum Gasteiger partial charge on any atom is 0.262 e. The molecule has 1 aromatic heterocycles. The Hall–Kier alpha value is -2.18. The van der Waals surface area contributed by atoms with E-state index in [-0.39, 0.29) is 19.1 Å². The number of hydroxylamine groups is 1. The number of hydrogen-bond acceptors (Lipinski definition) is 4. The number of benzene rings is 1. The van der Waals surface area contributed by atoms with Crippen LogP contribution in [0, 0.1) is 6.92 Å². The third-order valence-electron chi connectivity index (χ3n) is 2.64. The van der Waals surface area contributed by atoms with Crippen molar-refractivity contribution in [3.63, 3.8) is 0 Å². The van der Waals surface area contributed by atoms with Gasteiger partial charge in [0.15, 0.2) is 0 Å². The number of aryl methyl sites for hydroxylation is 1. The van der Waals surface area contributed by atoms with Gasteiger partial charge in [0.1, 0.15) is 0 Å². The van der Waals surface area contributed by atoms with Gasteiger partial charge in [-0.3, -0.25) is 14.4 Å². The molecule has 0 aliphatic carbocycles. The number of carbonyl (C=O) groups excluding carboxylic acids is 2. The lowest BCUT2D eigenvalue weighted by molar-refractivity contribution is -0.133. The summed E-state index contributed by atoms with van der Waals surface area (Å²) in [5.41, 5.74) is 3.25. The zero-order chi connectivity index (χ0) is 15.1. The van der Waals surface area contributed by atoms with Crippen LogP contribution in [0.2, 0.25) is 0 Å². The van der Waals surface area contributed by atoms with E-state index >= 15 is 0 Å². The van der Waals surface area contributed by atoms with Crippen LogP contribution in [0.15, 0.2) is 42.5 Å². The van der Waals surface area contributed by atoms with Gasteiger partial charge >= 0.3 is 0 Å². The molecule has 2 amide bonds. The van der Waals surface area contributed by atoms with Gasteiger partial charge < -0.3 is 5.32 Å². The first-order chi connectivity index (χ1) is 10.1. The Morgan fingerprint density at radius 1 is 1.14 bits per heavy atom. The third-order valence-corrected chi connectivity index (χ3v) is 3.64. The van der Waals surface area contributed by atoms with E-state index in [1.807, 2.05) is 43.3 Å². The third kappa shape index (κ3) is 5.02. The molecule has 21 heavy (non-hydrogen) atoms. The van der Waals surface area contributed by atoms with Crippen LogP contribution in [0.25, 0.3) is 0 Å². The van der Waals surface area contributed by atoms with Gasteiger partial charge in [-0.25, -0.2) is 5.48 Å². The van der Waals surface area contributed by atoms with Gasteiger partial charge in [-0.15, -0.1) is 11.3 Å². The summed E-state index contributed by atoms with van der Waals surface area (Å²) in [5.74, 6) is -0.654. The Balaban J connectivity index is 1.67. The fourth-order valence-electron chi connectivity index (χ4n) is 1.61. The van der Waals surface area contributed by atoms with E-state index in [4.69, 9.17) is 4.84 Å². The lowest BCUT2D eigenvalue weighted by Crippen LogP contribution is -2.36. The molecule has 0 bridgehead atoms. The first-order valence-corrected chi connectivity index (χ1v) is 7.26. The summed E-state index contributed by atoms with van der Waals surface area (Å²) >= 11 is 1.39. The molecule has 0 spiro atoms. The summed E-state index contributed by atoms with van der Waals surface area (Å²) in [6.45, 7) is 2.08. The van der Waals surface area contributed by atoms with Crippen LogP contribution < -0.4 is 10.8 Å². The van der Waals surface area contributed by atoms with Crippen molar-refractivity contribution in [2.75, 3.05) is 6.54 Å². The lowest BCUT2D eigenvalue weighted by atomic mass is 10.2. The monoisotopic (exact) mass is 304 g/mol. The minimum absolute atomic E-state index is 0.120. The zero-order valence-corrected chi connectivity index (χ0v) is 12.4. The molecule has 2 N–H and O–H groups in total. The van der Waals surface area contributed by atoms with Gasteiger partial charge in [-0.05, 0) is 24.6 Å². The van der Waals surface area contributed by atoms with Gasteiger partial charge in [0.25, 0.3) is 11.8 Å². The van der Waals surface area contributed by atoms with E-state index in [1.165, 1.54) is 11.3 Å². The number of carbonyl (C=O) groups is 2. The number of nitrogens with one attached hydrogen (secondary N) is 2. The lowest BCUT2D eigenvalue weighted by Gasteiger charge is -2.06. The standard InChI is InChI=1S/C15H16N2O3S/c1-11-7-8-13(21-11)15(19)16-9-14(18)17-20-10-12-5-3-2-4-6-12/h2-8H,9-10H2,1H3,(H,16,19)(H,17,18). The first-order valence-electron chi connectivity index (χ1n) is 6.44. The average molecular weight is 304 g/mol. The molecular weight excluding hydrogens is 288 g/mol. The minimum Gasteiger partial charge on any atom is -0.342 e. The number of thiophene rings is 1. The van der Waals surface area contributed by atoms with Gasteiger partial charge in [-0.1, -0.05) is 30.3 Å². The Labute approximate surface area is 126 Å². The molecule has 0 atom stereocenters. The summed E-state index contributed by atoms with van der Waals surface area (Å²) in [7, 11) is 0. The van der Waals surface area contributed by atoms with Crippen molar-refractivity contribution in [1.82, 2.24) is 10.8 Å². The van der Waals surface area contributed by atoms with E-state index in [0.717, 1.165) is 10.4 Å². The van der Waals surface area contributed by atoms with Crippen LogP contribution in [0.3, 0.4) is 0 Å². The zero-order valence-electron chi connectivity index (χ0n) is 11.6. The van der Waals surface area contributed by atoms with Gasteiger partial charge in [0.05, 0.1) is 18.0 Å². The minimum atomic E-state index is -0.396. The van der Waals surface area contributed by atoms with Crippen LogP contribution in [0.5, 0.6) is 0 Å². The summed E-state index contributed by atoms with van der Waals surface area (Å²) in [6.07, 6.45) is 0. The number of hydrogen-bond donors (Lipinski definition) is 2. The van der Waals surface area contributed by atoms with Crippen molar-refractivity contribution in [2.45, 2.75) is 13.5 Å². The fourth-order valence-corrected chi connectivity index (χ4v) is 2.40. The Bertz CT molecular complexity index is 610. The summed E-state index contributed by atoms with van der Waals surface area (Å²) in [6, 6.07) is 13.1. The van der Waals surface area contributed by atoms with Crippen molar-refractivity contribution >= 4 is 23.2 Å². The van der Waals surface area contributed by atoms with Crippen LogP contribution in [-0.4, -0.2) is 18.4 Å². The van der Waals surface area contributed by atoms with Crippen molar-refractivity contribution in [3.8, 4) is 0 Å². The smallest absolute Gasteiger partial charge is 0.262 e. The summed E-state index contributed by atoms with van der Waals surface area (Å²) in [5, 5.41) is 2.54. The molecule has 1 heterocycles. The highest BCUT2D eigenvalue weighted by Gasteiger charge is 2.09. The summed E-state index contributed by atoms with van der Waals surface area (Å²) in [4.78, 5) is 30.0. The molecule has 0 aliphatic rings. The average Bonchev–Trinajstić information content (AvgIpc) is 2.92. The first kappa shape index (κ1) is 15.2. The number of rotatable bonds is 6. The SMILES string of the molecule is Cc1ccc(C(=O)NCC(=O)NOCc2ccccc2)s1. The predicted octanol–water partition coefficient (Wildman–Crippen LogP) is 2.03. The molecule has 0 saturated carbocycles. The van der Waals surface area contributed by atoms with E-state index in [0.29, 0.717) is 4.88 Å².